The molecule has 1 atom stereocenters. The molecule has 1 aliphatic rings. The molecule has 2 N–H and O–H groups in total. The summed E-state index contributed by atoms with van der Waals surface area (Å²) in [7, 11) is 0. The van der Waals surface area contributed by atoms with Crippen LogP contribution in [0.15, 0.2) is 47.4 Å². The molecule has 0 bridgehead atoms. The molecule has 3 rings (SSSR count). The topological polar surface area (TPSA) is 71.3 Å². The molecule has 1 aliphatic carbocycles. The predicted molar refractivity (Wildman–Crippen MR) is 106 cm³/mol. The number of hydrogen-bond donors (Lipinski definition) is 2. The third kappa shape index (κ3) is 4.30. The number of hydrogen-bond acceptors (Lipinski definition) is 3. The lowest BCUT2D eigenvalue weighted by molar-refractivity contribution is 0.00522. The van der Waals surface area contributed by atoms with E-state index in [1.807, 2.05) is 37.3 Å². The fraction of sp³-hybridized carbons (Fsp3) is 0.455. The number of carbonyl (C=O) groups is 1. The molecule has 144 valence electrons. The van der Waals surface area contributed by atoms with Crippen molar-refractivity contribution in [1.29, 1.82) is 0 Å². The second-order valence-corrected chi connectivity index (χ2v) is 7.64. The highest BCUT2D eigenvalue weighted by Gasteiger charge is 2.30. The number of rotatable bonds is 5. The fourth-order valence-electron chi connectivity index (χ4n) is 3.83. The summed E-state index contributed by atoms with van der Waals surface area (Å²) >= 11 is 0. The number of benzene rings is 1. The van der Waals surface area contributed by atoms with Gasteiger partial charge in [-0.05, 0) is 43.9 Å². The van der Waals surface area contributed by atoms with Crippen LogP contribution in [-0.4, -0.2) is 27.7 Å². The van der Waals surface area contributed by atoms with E-state index in [0.717, 1.165) is 24.8 Å². The van der Waals surface area contributed by atoms with Crippen molar-refractivity contribution in [2.45, 2.75) is 57.6 Å². The highest BCUT2D eigenvalue weighted by Crippen LogP contribution is 2.27. The van der Waals surface area contributed by atoms with Crippen molar-refractivity contribution in [3.05, 3.63) is 69.6 Å². The van der Waals surface area contributed by atoms with Crippen LogP contribution in [0.3, 0.4) is 0 Å². The summed E-state index contributed by atoms with van der Waals surface area (Å²) in [6, 6.07) is 11.4. The van der Waals surface area contributed by atoms with Gasteiger partial charge in [-0.1, -0.05) is 49.6 Å². The summed E-state index contributed by atoms with van der Waals surface area (Å²) in [5, 5.41) is 13.4. The number of carbonyl (C=O) groups excluding carboxylic acids is 1. The maximum Gasteiger partial charge on any atom is 0.264 e. The first-order valence-corrected chi connectivity index (χ1v) is 9.68. The average molecular weight is 368 g/mol. The van der Waals surface area contributed by atoms with E-state index in [1.165, 1.54) is 0 Å². The summed E-state index contributed by atoms with van der Waals surface area (Å²) in [5.74, 6) is -0.411. The van der Waals surface area contributed by atoms with E-state index in [-0.39, 0.29) is 23.7 Å². The molecule has 1 saturated carbocycles. The van der Waals surface area contributed by atoms with Crippen molar-refractivity contribution >= 4 is 5.91 Å². The number of aryl methyl sites for hydroxylation is 1. The fourth-order valence-corrected chi connectivity index (χ4v) is 3.83. The Hall–Kier alpha value is -2.40. The summed E-state index contributed by atoms with van der Waals surface area (Å²) in [6.45, 7) is 3.90. The Bertz CT molecular complexity index is 852. The Morgan fingerprint density at radius 3 is 2.52 bits per heavy atom. The first-order valence-electron chi connectivity index (χ1n) is 9.68. The Balaban J connectivity index is 1.82. The van der Waals surface area contributed by atoms with Crippen molar-refractivity contribution in [1.82, 2.24) is 9.88 Å². The van der Waals surface area contributed by atoms with Crippen LogP contribution in [0.4, 0.5) is 0 Å². The standard InChI is InChI=1S/C22H28N2O3/c1-16-11-14-24(17(2)18-9-5-3-6-10-18)21(26)19(16)20(25)23-15-22(27)12-7-4-8-13-22/h3,5-6,9-11,14,17,27H,4,7-8,12-13,15H2,1-2H3,(H,23,25). The molecule has 27 heavy (non-hydrogen) atoms. The second kappa shape index (κ2) is 8.09. The molecule has 1 amide bonds. The van der Waals surface area contributed by atoms with Gasteiger partial charge in [0.1, 0.15) is 5.56 Å². The van der Waals surface area contributed by atoms with Gasteiger partial charge in [0, 0.05) is 12.7 Å². The maximum absolute atomic E-state index is 13.0. The number of pyridine rings is 1. The van der Waals surface area contributed by atoms with Crippen LogP contribution < -0.4 is 10.9 Å². The third-order valence-electron chi connectivity index (χ3n) is 5.62. The van der Waals surface area contributed by atoms with Gasteiger partial charge in [0.05, 0.1) is 11.6 Å². The largest absolute Gasteiger partial charge is 0.388 e. The minimum absolute atomic E-state index is 0.152. The van der Waals surface area contributed by atoms with Gasteiger partial charge in [-0.25, -0.2) is 0 Å². The van der Waals surface area contributed by atoms with Crippen molar-refractivity contribution in [3.63, 3.8) is 0 Å². The molecule has 0 spiro atoms. The van der Waals surface area contributed by atoms with Gasteiger partial charge in [-0.15, -0.1) is 0 Å². The molecule has 1 unspecified atom stereocenters. The molecule has 0 saturated heterocycles. The smallest absolute Gasteiger partial charge is 0.264 e. The number of nitrogens with one attached hydrogen (secondary N) is 1. The normalized spacial score (nSPS) is 17.3. The quantitative estimate of drug-likeness (QED) is 0.851. The second-order valence-electron chi connectivity index (χ2n) is 7.64. The zero-order valence-electron chi connectivity index (χ0n) is 16.1. The summed E-state index contributed by atoms with van der Waals surface area (Å²) < 4.78 is 1.59. The van der Waals surface area contributed by atoms with Crippen molar-refractivity contribution in [3.8, 4) is 0 Å². The summed E-state index contributed by atoms with van der Waals surface area (Å²) in [4.78, 5) is 25.8. The van der Waals surface area contributed by atoms with Gasteiger partial charge >= 0.3 is 0 Å². The van der Waals surface area contributed by atoms with Crippen molar-refractivity contribution in [2.75, 3.05) is 6.54 Å². The lowest BCUT2D eigenvalue weighted by atomic mass is 9.85. The summed E-state index contributed by atoms with van der Waals surface area (Å²) in [6.07, 6.45) is 6.18. The molecule has 1 heterocycles. The van der Waals surface area contributed by atoms with Crippen LogP contribution >= 0.6 is 0 Å². The molecule has 1 aromatic heterocycles. The minimum atomic E-state index is -0.854. The SMILES string of the molecule is Cc1ccn(C(C)c2ccccc2)c(=O)c1C(=O)NCC1(O)CCCCC1. The van der Waals surface area contributed by atoms with Crippen LogP contribution in [0.1, 0.15) is 66.6 Å². The zero-order valence-corrected chi connectivity index (χ0v) is 16.1. The number of aliphatic hydroxyl groups is 1. The van der Waals surface area contributed by atoms with Gasteiger partial charge < -0.3 is 15.0 Å². The monoisotopic (exact) mass is 368 g/mol. The van der Waals surface area contributed by atoms with Crippen molar-refractivity contribution < 1.29 is 9.90 Å². The third-order valence-corrected chi connectivity index (χ3v) is 5.62. The van der Waals surface area contributed by atoms with Crippen LogP contribution in [0, 0.1) is 6.92 Å². The summed E-state index contributed by atoms with van der Waals surface area (Å²) in [5.41, 5.74) is 0.641. The van der Waals surface area contributed by atoms with Gasteiger partial charge in [0.25, 0.3) is 11.5 Å². The van der Waals surface area contributed by atoms with Crippen LogP contribution in [0.5, 0.6) is 0 Å². The lowest BCUT2D eigenvalue weighted by Gasteiger charge is -2.32. The van der Waals surface area contributed by atoms with Crippen LogP contribution in [-0.2, 0) is 0 Å². The number of aromatic nitrogens is 1. The number of nitrogens with zero attached hydrogens (tertiary/aromatic N) is 1. The van der Waals surface area contributed by atoms with E-state index >= 15 is 0 Å². The Morgan fingerprint density at radius 2 is 1.85 bits per heavy atom. The highest BCUT2D eigenvalue weighted by atomic mass is 16.3. The first kappa shape index (κ1) is 19.4. The zero-order chi connectivity index (χ0) is 19.4. The molecular formula is C22H28N2O3. The maximum atomic E-state index is 13.0. The highest BCUT2D eigenvalue weighted by molar-refractivity contribution is 5.95. The Kier molecular flexibility index (Phi) is 5.80. The molecule has 5 heteroatoms. The van der Waals surface area contributed by atoms with E-state index in [4.69, 9.17) is 0 Å². The van der Waals surface area contributed by atoms with Crippen LogP contribution in [0.25, 0.3) is 0 Å². The minimum Gasteiger partial charge on any atom is -0.388 e. The molecule has 0 radical (unpaired) electrons. The molecular weight excluding hydrogens is 340 g/mol. The lowest BCUT2D eigenvalue weighted by Crippen LogP contribution is -2.45. The van der Waals surface area contributed by atoms with E-state index in [9.17, 15) is 14.7 Å². The molecule has 1 fully saturated rings. The van der Waals surface area contributed by atoms with E-state index in [2.05, 4.69) is 5.32 Å². The van der Waals surface area contributed by atoms with Gasteiger partial charge in [-0.3, -0.25) is 9.59 Å². The van der Waals surface area contributed by atoms with Gasteiger partial charge in [0.15, 0.2) is 0 Å². The molecule has 0 aliphatic heterocycles. The molecule has 5 nitrogen and oxygen atoms in total. The molecule has 2 aromatic rings. The van der Waals surface area contributed by atoms with Crippen molar-refractivity contribution in [2.24, 2.45) is 0 Å². The van der Waals surface area contributed by atoms with E-state index < -0.39 is 11.5 Å². The van der Waals surface area contributed by atoms with E-state index in [0.29, 0.717) is 18.4 Å². The average Bonchev–Trinajstić information content (AvgIpc) is 2.67. The van der Waals surface area contributed by atoms with Gasteiger partial charge in [-0.2, -0.15) is 0 Å². The van der Waals surface area contributed by atoms with E-state index in [1.54, 1.807) is 23.8 Å². The molecule has 1 aromatic carbocycles. The van der Waals surface area contributed by atoms with Crippen LogP contribution in [0.2, 0.25) is 0 Å². The predicted octanol–water partition coefficient (Wildman–Crippen LogP) is 3.19. The Morgan fingerprint density at radius 1 is 1.19 bits per heavy atom. The first-order chi connectivity index (χ1) is 12.9. The Labute approximate surface area is 160 Å². The van der Waals surface area contributed by atoms with Gasteiger partial charge in [0.2, 0.25) is 0 Å². The number of amides is 1.